The maximum absolute atomic E-state index is 13.4. The van der Waals surface area contributed by atoms with E-state index in [2.05, 4.69) is 20.8 Å². The predicted octanol–water partition coefficient (Wildman–Crippen LogP) is 4.25. The van der Waals surface area contributed by atoms with Gasteiger partial charge in [0.25, 0.3) is 11.7 Å². The molecule has 2 aromatic carbocycles. The first-order valence-corrected chi connectivity index (χ1v) is 12.7. The van der Waals surface area contributed by atoms with Gasteiger partial charge in [-0.15, -0.1) is 0 Å². The number of halogens is 1. The van der Waals surface area contributed by atoms with Gasteiger partial charge in [-0.2, -0.15) is 0 Å². The van der Waals surface area contributed by atoms with E-state index in [1.165, 1.54) is 33.3 Å². The molecule has 0 saturated carbocycles. The van der Waals surface area contributed by atoms with Crippen LogP contribution in [0.4, 0.5) is 0 Å². The highest BCUT2D eigenvalue weighted by Gasteiger charge is 2.46. The first-order valence-electron chi connectivity index (χ1n) is 11.9. The van der Waals surface area contributed by atoms with E-state index in [1.54, 1.807) is 30.3 Å². The number of benzene rings is 2. The average Bonchev–Trinajstić information content (AvgIpc) is 3.17. The summed E-state index contributed by atoms with van der Waals surface area (Å²) in [5.74, 6) is -0.0318. The van der Waals surface area contributed by atoms with Gasteiger partial charge in [0.2, 0.25) is 5.75 Å². The van der Waals surface area contributed by atoms with Crippen molar-refractivity contribution in [3.63, 3.8) is 0 Å². The van der Waals surface area contributed by atoms with Crippen LogP contribution in [-0.2, 0) is 9.59 Å². The Morgan fingerprint density at radius 2 is 1.54 bits per heavy atom. The molecule has 200 valence electrons. The molecule has 3 rings (SSSR count). The normalized spacial score (nSPS) is 16.9. The number of ketones is 1. The number of Topliss-reactive ketones (excluding diaryl/α,β-unsaturated/α-hetero) is 1. The smallest absolute Gasteiger partial charge is 0.295 e. The summed E-state index contributed by atoms with van der Waals surface area (Å²) in [6.07, 6.45) is 0. The van der Waals surface area contributed by atoms with Gasteiger partial charge in [-0.05, 0) is 64.9 Å². The van der Waals surface area contributed by atoms with Crippen LogP contribution in [0.2, 0.25) is 0 Å². The van der Waals surface area contributed by atoms with Crippen LogP contribution in [0.15, 0.2) is 40.4 Å². The van der Waals surface area contributed by atoms with E-state index in [4.69, 9.17) is 18.9 Å². The molecule has 37 heavy (non-hydrogen) atoms. The summed E-state index contributed by atoms with van der Waals surface area (Å²) >= 11 is 3.42. The van der Waals surface area contributed by atoms with Crippen LogP contribution in [0.5, 0.6) is 23.0 Å². The van der Waals surface area contributed by atoms with Crippen molar-refractivity contribution in [3.05, 3.63) is 51.5 Å². The predicted molar refractivity (Wildman–Crippen MR) is 144 cm³/mol. The van der Waals surface area contributed by atoms with E-state index in [-0.39, 0.29) is 17.9 Å². The summed E-state index contributed by atoms with van der Waals surface area (Å²) in [7, 11) is 6.02. The third-order valence-corrected chi connectivity index (χ3v) is 7.14. The highest BCUT2D eigenvalue weighted by molar-refractivity contribution is 9.10. The Morgan fingerprint density at radius 1 is 0.946 bits per heavy atom. The van der Waals surface area contributed by atoms with Crippen molar-refractivity contribution in [2.45, 2.75) is 19.9 Å². The van der Waals surface area contributed by atoms with Gasteiger partial charge in [0.05, 0.1) is 44.5 Å². The molecule has 0 radical (unpaired) electrons. The maximum atomic E-state index is 13.4. The van der Waals surface area contributed by atoms with Crippen molar-refractivity contribution < 1.29 is 33.6 Å². The summed E-state index contributed by atoms with van der Waals surface area (Å²) in [4.78, 5) is 30.4. The summed E-state index contributed by atoms with van der Waals surface area (Å²) in [6.45, 7) is 6.53. The van der Waals surface area contributed by atoms with Crippen molar-refractivity contribution in [1.82, 2.24) is 9.80 Å². The molecule has 1 heterocycles. The number of amides is 1. The summed E-state index contributed by atoms with van der Waals surface area (Å²) in [5.41, 5.74) is 0.894. The van der Waals surface area contributed by atoms with Gasteiger partial charge in [-0.3, -0.25) is 9.59 Å². The minimum atomic E-state index is -0.870. The van der Waals surface area contributed by atoms with E-state index in [0.29, 0.717) is 45.1 Å². The van der Waals surface area contributed by atoms with Crippen LogP contribution in [0.25, 0.3) is 5.76 Å². The zero-order valence-corrected chi connectivity index (χ0v) is 23.5. The third kappa shape index (κ3) is 5.55. The van der Waals surface area contributed by atoms with Crippen molar-refractivity contribution in [3.8, 4) is 23.0 Å². The van der Waals surface area contributed by atoms with Gasteiger partial charge in [0.1, 0.15) is 11.5 Å². The number of nitrogens with zero attached hydrogens (tertiary/aromatic N) is 2. The third-order valence-electron chi connectivity index (χ3n) is 6.52. The number of carbonyl (C=O) groups excluding carboxylic acids is 2. The highest BCUT2D eigenvalue weighted by atomic mass is 79.9. The summed E-state index contributed by atoms with van der Waals surface area (Å²) in [6, 6.07) is 7.46. The Labute approximate surface area is 225 Å². The average molecular weight is 577 g/mol. The molecule has 1 atom stereocenters. The van der Waals surface area contributed by atoms with Crippen LogP contribution in [-0.4, -0.2) is 81.2 Å². The number of carbonyl (C=O) groups is 2. The molecule has 0 spiro atoms. The van der Waals surface area contributed by atoms with Gasteiger partial charge >= 0.3 is 0 Å². The Balaban J connectivity index is 2.24. The molecule has 10 heteroatoms. The molecular weight excluding hydrogens is 544 g/mol. The summed E-state index contributed by atoms with van der Waals surface area (Å²) in [5, 5.41) is 11.4. The molecule has 1 saturated heterocycles. The van der Waals surface area contributed by atoms with Crippen LogP contribution < -0.4 is 18.9 Å². The number of rotatable bonds is 11. The lowest BCUT2D eigenvalue weighted by Crippen LogP contribution is -2.38. The second-order valence-electron chi connectivity index (χ2n) is 8.33. The van der Waals surface area contributed by atoms with Crippen molar-refractivity contribution in [2.24, 2.45) is 0 Å². The van der Waals surface area contributed by atoms with E-state index in [9.17, 15) is 14.7 Å². The highest BCUT2D eigenvalue weighted by Crippen LogP contribution is 2.46. The SMILES string of the molecule is CCN(CC)CCN1C(=O)C(=O)/C(=C(/O)c2ccc(OC)c(Br)c2)C1c1cc(OC)c(OC)c(OC)c1. The first-order chi connectivity index (χ1) is 17.8. The Morgan fingerprint density at radius 3 is 2.03 bits per heavy atom. The molecule has 1 unspecified atom stereocenters. The fraction of sp³-hybridized carbons (Fsp3) is 0.407. The zero-order valence-electron chi connectivity index (χ0n) is 22.0. The minimum absolute atomic E-state index is 0.0177. The molecule has 0 bridgehead atoms. The molecule has 2 aromatic rings. The van der Waals surface area contributed by atoms with Gasteiger partial charge in [-0.1, -0.05) is 13.8 Å². The molecule has 1 amide bonds. The molecule has 0 aromatic heterocycles. The maximum Gasteiger partial charge on any atom is 0.295 e. The van der Waals surface area contributed by atoms with E-state index in [1.807, 2.05) is 13.8 Å². The quantitative estimate of drug-likeness (QED) is 0.241. The molecule has 1 aliphatic heterocycles. The van der Waals surface area contributed by atoms with Crippen LogP contribution in [0.1, 0.15) is 31.0 Å². The minimum Gasteiger partial charge on any atom is -0.507 e. The number of hydrogen-bond donors (Lipinski definition) is 1. The number of ether oxygens (including phenoxy) is 4. The fourth-order valence-corrected chi connectivity index (χ4v) is 5.02. The number of aliphatic hydroxyl groups is 1. The lowest BCUT2D eigenvalue weighted by molar-refractivity contribution is -0.140. The molecule has 0 aliphatic carbocycles. The zero-order chi connectivity index (χ0) is 27.3. The first kappa shape index (κ1) is 28.3. The summed E-state index contributed by atoms with van der Waals surface area (Å²) < 4.78 is 22.4. The number of hydrogen-bond acceptors (Lipinski definition) is 8. The largest absolute Gasteiger partial charge is 0.507 e. The molecule has 9 nitrogen and oxygen atoms in total. The van der Waals surface area contributed by atoms with Crippen molar-refractivity contribution in [2.75, 3.05) is 54.6 Å². The number of methoxy groups -OCH3 is 4. The standard InChI is InChI=1S/C27H33BrN2O7/c1-7-29(8-2)11-12-30-23(17-14-20(35-4)26(37-6)21(15-17)36-5)22(25(32)27(30)33)24(31)16-9-10-19(34-3)18(28)13-16/h9-10,13-15,23,31H,7-8,11-12H2,1-6H3/b24-22+. The van der Waals surface area contributed by atoms with Gasteiger partial charge in [-0.25, -0.2) is 0 Å². The van der Waals surface area contributed by atoms with Crippen LogP contribution >= 0.6 is 15.9 Å². The molecule has 1 fully saturated rings. The van der Waals surface area contributed by atoms with Crippen LogP contribution in [0.3, 0.4) is 0 Å². The van der Waals surface area contributed by atoms with Crippen molar-refractivity contribution >= 4 is 33.4 Å². The van der Waals surface area contributed by atoms with Gasteiger partial charge in [0.15, 0.2) is 11.5 Å². The Bertz CT molecular complexity index is 1170. The van der Waals surface area contributed by atoms with E-state index >= 15 is 0 Å². The number of aliphatic hydroxyl groups excluding tert-OH is 1. The Hall–Kier alpha value is -3.24. The van der Waals surface area contributed by atoms with Gasteiger partial charge < -0.3 is 33.9 Å². The number of likely N-dealkylation sites (tertiary alicyclic amines) is 1. The Kier molecular flexibility index (Phi) is 9.45. The van der Waals surface area contributed by atoms with E-state index in [0.717, 1.165) is 13.1 Å². The second-order valence-corrected chi connectivity index (χ2v) is 9.18. The fourth-order valence-electron chi connectivity index (χ4n) is 4.47. The molecule has 1 N–H and O–H groups in total. The van der Waals surface area contributed by atoms with E-state index < -0.39 is 17.7 Å². The lowest BCUT2D eigenvalue weighted by atomic mass is 9.94. The molecular formula is C27H33BrN2O7. The number of likely N-dealkylation sites (N-methyl/N-ethyl adjacent to an activating group) is 1. The monoisotopic (exact) mass is 576 g/mol. The second kappa shape index (κ2) is 12.3. The lowest BCUT2D eigenvalue weighted by Gasteiger charge is -2.29. The molecule has 1 aliphatic rings. The van der Waals surface area contributed by atoms with Crippen LogP contribution in [0, 0.1) is 0 Å². The van der Waals surface area contributed by atoms with Crippen molar-refractivity contribution in [1.29, 1.82) is 0 Å². The van der Waals surface area contributed by atoms with Gasteiger partial charge in [0, 0.05) is 18.7 Å². The topological polar surface area (TPSA) is 97.8 Å².